The van der Waals surface area contributed by atoms with Gasteiger partial charge in [0.15, 0.2) is 0 Å². The summed E-state index contributed by atoms with van der Waals surface area (Å²) < 4.78 is 6.52. The van der Waals surface area contributed by atoms with Crippen molar-refractivity contribution in [2.45, 2.75) is 97.0 Å². The maximum absolute atomic E-state index is 14.0. The summed E-state index contributed by atoms with van der Waals surface area (Å²) in [6.07, 6.45) is 4.71. The summed E-state index contributed by atoms with van der Waals surface area (Å²) in [6.45, 7) is 22.3. The first-order valence-electron chi connectivity index (χ1n) is 22.0. The molecule has 1 N–H and O–H groups in total. The molecule has 2 aliphatic carbocycles. The molecular formula is C48H52ClN7O6. The highest BCUT2D eigenvalue weighted by Gasteiger charge is 2.67. The first-order chi connectivity index (χ1) is 29.6. The fraction of sp³-hybridized carbons (Fsp3) is 0.500. The number of amides is 5. The summed E-state index contributed by atoms with van der Waals surface area (Å²) in [4.78, 5) is 78.7. The molecule has 3 aromatic carbocycles. The third kappa shape index (κ3) is 6.38. The van der Waals surface area contributed by atoms with Crippen LogP contribution in [0, 0.1) is 22.8 Å². The van der Waals surface area contributed by atoms with Crippen LogP contribution in [0.3, 0.4) is 0 Å². The van der Waals surface area contributed by atoms with Crippen LogP contribution < -0.4 is 19.9 Å². The average molecular weight is 858 g/mol. The Morgan fingerprint density at radius 3 is 2.08 bits per heavy atom. The number of rotatable bonds is 7. The number of carbonyl (C=O) groups is 5. The van der Waals surface area contributed by atoms with E-state index in [1.165, 1.54) is 5.69 Å². The average Bonchev–Trinajstić information content (AvgIpc) is 3.68. The minimum Gasteiger partial charge on any atom is -0.489 e. The number of nitrogens with zero attached hydrogens (tertiary/aromatic N) is 6. The van der Waals surface area contributed by atoms with E-state index in [1.807, 2.05) is 17.0 Å². The van der Waals surface area contributed by atoms with Crippen LogP contribution in [0.4, 0.5) is 17.1 Å². The highest BCUT2D eigenvalue weighted by atomic mass is 35.5. The maximum atomic E-state index is 14.0. The predicted octanol–water partition coefficient (Wildman–Crippen LogP) is 6.70. The van der Waals surface area contributed by atoms with Gasteiger partial charge in [-0.2, -0.15) is 0 Å². The lowest BCUT2D eigenvalue weighted by atomic mass is 9.49. The van der Waals surface area contributed by atoms with Crippen molar-refractivity contribution < 1.29 is 28.7 Å². The van der Waals surface area contributed by atoms with Crippen LogP contribution in [-0.4, -0.2) is 108 Å². The lowest BCUT2D eigenvalue weighted by Crippen LogP contribution is -2.74. The third-order valence-corrected chi connectivity index (χ3v) is 15.6. The molecular weight excluding hydrogens is 806 g/mol. The molecule has 0 aromatic heterocycles. The Morgan fingerprint density at radius 2 is 1.42 bits per heavy atom. The van der Waals surface area contributed by atoms with Crippen molar-refractivity contribution in [3.63, 3.8) is 0 Å². The van der Waals surface area contributed by atoms with E-state index in [1.54, 1.807) is 30.3 Å². The summed E-state index contributed by atoms with van der Waals surface area (Å²) in [6, 6.07) is 16.5. The van der Waals surface area contributed by atoms with E-state index in [0.717, 1.165) is 86.7 Å². The summed E-state index contributed by atoms with van der Waals surface area (Å²) in [5, 5.41) is 2.63. The number of nitrogens with one attached hydrogen (secondary N) is 1. The molecule has 10 rings (SSSR count). The molecule has 3 aromatic rings. The van der Waals surface area contributed by atoms with Gasteiger partial charge in [0.2, 0.25) is 17.5 Å². The van der Waals surface area contributed by atoms with Crippen LogP contribution in [-0.2, 0) is 16.1 Å². The second-order valence-corrected chi connectivity index (χ2v) is 20.2. The monoisotopic (exact) mass is 857 g/mol. The van der Waals surface area contributed by atoms with Crippen molar-refractivity contribution in [1.29, 1.82) is 0 Å². The van der Waals surface area contributed by atoms with Gasteiger partial charge in [-0.3, -0.25) is 39.1 Å². The van der Waals surface area contributed by atoms with Crippen molar-refractivity contribution in [2.24, 2.45) is 16.2 Å². The Hall–Kier alpha value is -5.45. The van der Waals surface area contributed by atoms with Gasteiger partial charge in [0.25, 0.3) is 17.7 Å². The van der Waals surface area contributed by atoms with Gasteiger partial charge < -0.3 is 19.4 Å². The highest BCUT2D eigenvalue weighted by Crippen LogP contribution is 2.59. The van der Waals surface area contributed by atoms with Gasteiger partial charge in [-0.1, -0.05) is 45.4 Å². The lowest BCUT2D eigenvalue weighted by Gasteiger charge is -2.65. The van der Waals surface area contributed by atoms with E-state index < -0.39 is 23.8 Å². The molecule has 0 bridgehead atoms. The van der Waals surface area contributed by atoms with Crippen molar-refractivity contribution in [1.82, 2.24) is 20.0 Å². The van der Waals surface area contributed by atoms with Crippen LogP contribution in [0.5, 0.6) is 5.75 Å². The van der Waals surface area contributed by atoms with E-state index in [0.29, 0.717) is 40.2 Å². The zero-order valence-electron chi connectivity index (χ0n) is 35.7. The Labute approximate surface area is 367 Å². The summed E-state index contributed by atoms with van der Waals surface area (Å²) >= 11 is 6.33. The molecule has 14 heteroatoms. The van der Waals surface area contributed by atoms with Gasteiger partial charge in [0.1, 0.15) is 17.9 Å². The molecule has 5 amide bonds. The minimum absolute atomic E-state index is 0.0286. The molecule has 7 aliphatic rings. The number of piperazine rings is 1. The molecule has 3 saturated heterocycles. The Balaban J connectivity index is 0.714. The molecule has 13 nitrogen and oxygen atoms in total. The third-order valence-electron chi connectivity index (χ3n) is 15.3. The van der Waals surface area contributed by atoms with Gasteiger partial charge in [-0.05, 0) is 86.2 Å². The van der Waals surface area contributed by atoms with Crippen molar-refractivity contribution >= 4 is 58.2 Å². The lowest BCUT2D eigenvalue weighted by molar-refractivity contribution is -0.199. The Bertz CT molecular complexity index is 2460. The van der Waals surface area contributed by atoms with Crippen LogP contribution in [0.1, 0.15) is 103 Å². The summed E-state index contributed by atoms with van der Waals surface area (Å²) in [7, 11) is 0. The van der Waals surface area contributed by atoms with Gasteiger partial charge >= 0.3 is 0 Å². The van der Waals surface area contributed by atoms with E-state index in [2.05, 4.69) is 64.7 Å². The smallest absolute Gasteiger partial charge is 0.262 e. The molecule has 1 spiro atoms. The van der Waals surface area contributed by atoms with Crippen LogP contribution in [0.2, 0.25) is 5.02 Å². The number of hydrogen-bond donors (Lipinski definition) is 1. The van der Waals surface area contributed by atoms with Crippen LogP contribution in [0.15, 0.2) is 54.6 Å². The molecule has 2 saturated carbocycles. The number of hydrogen-bond acceptors (Lipinski definition) is 9. The molecule has 322 valence electrons. The second-order valence-electron chi connectivity index (χ2n) is 19.8. The van der Waals surface area contributed by atoms with Crippen LogP contribution >= 0.6 is 11.6 Å². The number of imide groups is 2. The molecule has 1 atom stereocenters. The number of carbonyl (C=O) groups excluding carboxylic acids is 5. The van der Waals surface area contributed by atoms with Gasteiger partial charge in [-0.15, -0.1) is 0 Å². The second kappa shape index (κ2) is 14.6. The topological polar surface area (TPSA) is 127 Å². The number of anilines is 2. The highest BCUT2D eigenvalue weighted by molar-refractivity contribution is 6.33. The standard InChI is InChI=1S/C48H52ClN7O6/c1-46(2)44(47(3,4)45(46)62-32-8-11-37(50-5)36(49)24-32)55-25-28-22-30(6-9-33(28)41(55)59)53-20-18-52(19-21-53)29-14-16-48(17-15-29)26-54(27-48)31-7-10-34-35(23-31)43(61)56(42(34)60)38-12-13-39(57)51-40(38)58/h6-11,22-24,29,38,44-45H,12-21,25-27H2,1-4H3,(H,51,57,58). The minimum atomic E-state index is -0.966. The molecule has 5 aliphatic heterocycles. The zero-order chi connectivity index (χ0) is 43.5. The SMILES string of the molecule is [C-]#[N+]c1ccc(OC2C(C)(C)C(N3Cc4cc(N5CCN(C6CCC7(CC6)CN(c6ccc8c(c6)C(=O)N(C6CCC(=O)NC6=O)C8=O)C7)CC5)ccc4C3=O)C2(C)C)cc1Cl. The van der Waals surface area contributed by atoms with Crippen LogP contribution in [0.25, 0.3) is 4.85 Å². The fourth-order valence-electron chi connectivity index (χ4n) is 12.6. The number of piperidine rings is 1. The van der Waals surface area contributed by atoms with E-state index >= 15 is 0 Å². The van der Waals surface area contributed by atoms with E-state index in [-0.39, 0.29) is 53.0 Å². The quantitative estimate of drug-likeness (QED) is 0.204. The summed E-state index contributed by atoms with van der Waals surface area (Å²) in [5.41, 5.74) is 4.60. The number of benzene rings is 3. The maximum Gasteiger partial charge on any atom is 0.262 e. The predicted molar refractivity (Wildman–Crippen MR) is 234 cm³/mol. The largest absolute Gasteiger partial charge is 0.489 e. The molecule has 5 fully saturated rings. The Kier molecular flexibility index (Phi) is 9.54. The molecule has 1 unspecified atom stereocenters. The van der Waals surface area contributed by atoms with Crippen molar-refractivity contribution in [2.75, 3.05) is 49.1 Å². The first kappa shape index (κ1) is 40.6. The van der Waals surface area contributed by atoms with Gasteiger partial charge in [0.05, 0.1) is 22.7 Å². The summed E-state index contributed by atoms with van der Waals surface area (Å²) in [5.74, 6) is -1.23. The van der Waals surface area contributed by atoms with Crippen molar-refractivity contribution in [3.8, 4) is 5.75 Å². The normalized spacial score (nSPS) is 26.5. The zero-order valence-corrected chi connectivity index (χ0v) is 36.5. The molecule has 62 heavy (non-hydrogen) atoms. The van der Waals surface area contributed by atoms with E-state index in [4.69, 9.17) is 22.9 Å². The number of ether oxygens (including phenoxy) is 1. The van der Waals surface area contributed by atoms with Gasteiger partial charge in [-0.25, -0.2) is 4.85 Å². The number of fused-ring (bicyclic) bond motifs is 2. The molecule has 5 heterocycles. The number of halogens is 1. The first-order valence-corrected chi connectivity index (χ1v) is 22.3. The Morgan fingerprint density at radius 1 is 0.758 bits per heavy atom. The van der Waals surface area contributed by atoms with Crippen molar-refractivity contribution in [3.05, 3.63) is 93.3 Å². The fourth-order valence-corrected chi connectivity index (χ4v) is 12.8. The molecule has 0 radical (unpaired) electrons. The van der Waals surface area contributed by atoms with Gasteiger partial charge in [0, 0.05) is 97.5 Å². The van der Waals surface area contributed by atoms with E-state index in [9.17, 15) is 24.0 Å².